The minimum Gasteiger partial charge on any atom is -0.327 e. The standard InChI is InChI=1S/C14H16BrFN2O/c15-10-4-3-9(6-11(10)16)18-14(19)12-7-1-2-8(5-7)13(12)17/h3-4,6-8,12-13H,1-2,5,17H2,(H,18,19). The van der Waals surface area contributed by atoms with Gasteiger partial charge in [-0.25, -0.2) is 4.39 Å². The summed E-state index contributed by atoms with van der Waals surface area (Å²) < 4.78 is 13.8. The van der Waals surface area contributed by atoms with Gasteiger partial charge < -0.3 is 11.1 Å². The lowest BCUT2D eigenvalue weighted by Crippen LogP contribution is -2.42. The summed E-state index contributed by atoms with van der Waals surface area (Å²) in [5.74, 6) is 0.324. The number of amides is 1. The maximum absolute atomic E-state index is 13.4. The number of halogens is 2. The fourth-order valence-corrected chi connectivity index (χ4v) is 3.77. The van der Waals surface area contributed by atoms with Crippen LogP contribution < -0.4 is 11.1 Å². The fraction of sp³-hybridized carbons (Fsp3) is 0.500. The predicted octanol–water partition coefficient (Wildman–Crippen LogP) is 2.90. The van der Waals surface area contributed by atoms with Gasteiger partial charge in [0.15, 0.2) is 0 Å². The van der Waals surface area contributed by atoms with Crippen molar-refractivity contribution in [3.05, 3.63) is 28.5 Å². The lowest BCUT2D eigenvalue weighted by atomic mass is 9.84. The van der Waals surface area contributed by atoms with Gasteiger partial charge in [0.1, 0.15) is 5.82 Å². The first-order valence-corrected chi connectivity index (χ1v) is 7.37. The molecule has 1 amide bonds. The van der Waals surface area contributed by atoms with E-state index in [-0.39, 0.29) is 23.7 Å². The van der Waals surface area contributed by atoms with Crippen LogP contribution in [0.15, 0.2) is 22.7 Å². The van der Waals surface area contributed by atoms with E-state index in [1.165, 1.54) is 6.07 Å². The molecule has 2 saturated carbocycles. The average Bonchev–Trinajstić information content (AvgIpc) is 2.94. The number of carbonyl (C=O) groups excluding carboxylic acids is 1. The summed E-state index contributed by atoms with van der Waals surface area (Å²) in [4.78, 5) is 12.3. The molecule has 0 heterocycles. The highest BCUT2D eigenvalue weighted by Crippen LogP contribution is 2.47. The van der Waals surface area contributed by atoms with Crippen molar-refractivity contribution >= 4 is 27.5 Å². The van der Waals surface area contributed by atoms with Crippen molar-refractivity contribution < 1.29 is 9.18 Å². The van der Waals surface area contributed by atoms with Gasteiger partial charge in [0.05, 0.1) is 10.4 Å². The van der Waals surface area contributed by atoms with Gasteiger partial charge in [-0.2, -0.15) is 0 Å². The number of rotatable bonds is 2. The molecule has 102 valence electrons. The Kier molecular flexibility index (Phi) is 3.35. The maximum atomic E-state index is 13.4. The lowest BCUT2D eigenvalue weighted by molar-refractivity contribution is -0.121. The Morgan fingerprint density at radius 3 is 2.74 bits per heavy atom. The van der Waals surface area contributed by atoms with Crippen LogP contribution in [-0.4, -0.2) is 11.9 Å². The summed E-state index contributed by atoms with van der Waals surface area (Å²) in [6.45, 7) is 0. The Bertz CT molecular complexity index is 520. The molecule has 19 heavy (non-hydrogen) atoms. The van der Waals surface area contributed by atoms with E-state index in [0.29, 0.717) is 22.0 Å². The van der Waals surface area contributed by atoms with E-state index in [4.69, 9.17) is 5.73 Å². The quantitative estimate of drug-likeness (QED) is 0.878. The van der Waals surface area contributed by atoms with E-state index in [1.807, 2.05) is 0 Å². The molecule has 2 bridgehead atoms. The smallest absolute Gasteiger partial charge is 0.229 e. The Balaban J connectivity index is 1.73. The van der Waals surface area contributed by atoms with Crippen LogP contribution in [-0.2, 0) is 4.79 Å². The second-order valence-corrected chi connectivity index (χ2v) is 6.41. The van der Waals surface area contributed by atoms with Crippen LogP contribution in [0.2, 0.25) is 0 Å². The first-order valence-electron chi connectivity index (χ1n) is 6.58. The number of hydrogen-bond acceptors (Lipinski definition) is 2. The number of nitrogens with two attached hydrogens (primary N) is 1. The number of carbonyl (C=O) groups is 1. The summed E-state index contributed by atoms with van der Waals surface area (Å²) in [5.41, 5.74) is 6.62. The zero-order valence-electron chi connectivity index (χ0n) is 10.4. The molecule has 2 aliphatic rings. The largest absolute Gasteiger partial charge is 0.327 e. The van der Waals surface area contributed by atoms with E-state index in [0.717, 1.165) is 19.3 Å². The highest BCUT2D eigenvalue weighted by atomic mass is 79.9. The summed E-state index contributed by atoms with van der Waals surface area (Å²) in [7, 11) is 0. The van der Waals surface area contributed by atoms with E-state index >= 15 is 0 Å². The van der Waals surface area contributed by atoms with E-state index in [9.17, 15) is 9.18 Å². The van der Waals surface area contributed by atoms with Gasteiger partial charge in [-0.3, -0.25) is 4.79 Å². The number of nitrogens with one attached hydrogen (secondary N) is 1. The third-order valence-electron chi connectivity index (χ3n) is 4.47. The molecule has 0 aliphatic heterocycles. The van der Waals surface area contributed by atoms with Gasteiger partial charge in [0.25, 0.3) is 0 Å². The zero-order valence-corrected chi connectivity index (χ0v) is 12.0. The molecule has 0 radical (unpaired) electrons. The molecule has 1 aromatic rings. The summed E-state index contributed by atoms with van der Waals surface area (Å²) >= 11 is 3.09. The molecule has 2 aliphatic carbocycles. The Labute approximate surface area is 119 Å². The molecule has 3 nitrogen and oxygen atoms in total. The summed E-state index contributed by atoms with van der Waals surface area (Å²) in [5, 5.41) is 2.79. The van der Waals surface area contributed by atoms with E-state index in [1.54, 1.807) is 12.1 Å². The topological polar surface area (TPSA) is 55.1 Å². The van der Waals surface area contributed by atoms with Crippen LogP contribution in [0.3, 0.4) is 0 Å². The molecule has 4 atom stereocenters. The zero-order chi connectivity index (χ0) is 13.6. The molecule has 0 spiro atoms. The Hall–Kier alpha value is -0.940. The first kappa shape index (κ1) is 13.1. The highest BCUT2D eigenvalue weighted by Gasteiger charge is 2.49. The second kappa shape index (κ2) is 4.87. The molecule has 2 fully saturated rings. The predicted molar refractivity (Wildman–Crippen MR) is 75.0 cm³/mol. The molecule has 0 saturated heterocycles. The number of hydrogen-bond donors (Lipinski definition) is 2. The van der Waals surface area contributed by atoms with Gasteiger partial charge in [-0.1, -0.05) is 0 Å². The number of benzene rings is 1. The summed E-state index contributed by atoms with van der Waals surface area (Å²) in [6, 6.07) is 4.55. The van der Waals surface area contributed by atoms with Crippen molar-refractivity contribution in [1.82, 2.24) is 0 Å². The third kappa shape index (κ3) is 2.30. The number of fused-ring (bicyclic) bond motifs is 2. The van der Waals surface area contributed by atoms with Crippen LogP contribution in [0.4, 0.5) is 10.1 Å². The molecular weight excluding hydrogens is 311 g/mol. The van der Waals surface area contributed by atoms with Gasteiger partial charge in [0, 0.05) is 11.7 Å². The van der Waals surface area contributed by atoms with Gasteiger partial charge in [-0.15, -0.1) is 0 Å². The van der Waals surface area contributed by atoms with Crippen molar-refractivity contribution in [2.45, 2.75) is 25.3 Å². The lowest BCUT2D eigenvalue weighted by Gasteiger charge is -2.27. The molecule has 0 aromatic heterocycles. The van der Waals surface area contributed by atoms with Crippen molar-refractivity contribution in [2.24, 2.45) is 23.5 Å². The van der Waals surface area contributed by atoms with Gasteiger partial charge in [0.2, 0.25) is 5.91 Å². The normalized spacial score (nSPS) is 32.6. The van der Waals surface area contributed by atoms with Crippen molar-refractivity contribution in [1.29, 1.82) is 0 Å². The van der Waals surface area contributed by atoms with Gasteiger partial charge in [-0.05, 0) is 65.2 Å². The van der Waals surface area contributed by atoms with Crippen LogP contribution in [0.5, 0.6) is 0 Å². The average molecular weight is 327 g/mol. The monoisotopic (exact) mass is 326 g/mol. The minimum atomic E-state index is -0.380. The van der Waals surface area contributed by atoms with Crippen LogP contribution in [0.25, 0.3) is 0 Å². The molecule has 3 rings (SSSR count). The van der Waals surface area contributed by atoms with Crippen LogP contribution >= 0.6 is 15.9 Å². The number of anilines is 1. The fourth-order valence-electron chi connectivity index (χ4n) is 3.52. The summed E-state index contributed by atoms with van der Waals surface area (Å²) in [6.07, 6.45) is 3.29. The van der Waals surface area contributed by atoms with Crippen LogP contribution in [0.1, 0.15) is 19.3 Å². The second-order valence-electron chi connectivity index (χ2n) is 5.55. The molecule has 5 heteroatoms. The highest BCUT2D eigenvalue weighted by molar-refractivity contribution is 9.10. The molecule has 3 N–H and O–H groups in total. The van der Waals surface area contributed by atoms with Crippen molar-refractivity contribution in [2.75, 3.05) is 5.32 Å². The van der Waals surface area contributed by atoms with Crippen LogP contribution in [0, 0.1) is 23.6 Å². The van der Waals surface area contributed by atoms with Gasteiger partial charge >= 0.3 is 0 Å². The first-order chi connectivity index (χ1) is 9.06. The van der Waals surface area contributed by atoms with Crippen molar-refractivity contribution in [3.63, 3.8) is 0 Å². The maximum Gasteiger partial charge on any atom is 0.229 e. The SMILES string of the molecule is NC1C2CCC(C2)C1C(=O)Nc1ccc(Br)c(F)c1. The Morgan fingerprint density at radius 1 is 1.37 bits per heavy atom. The Morgan fingerprint density at radius 2 is 2.11 bits per heavy atom. The molecular formula is C14H16BrFN2O. The third-order valence-corrected chi connectivity index (χ3v) is 5.11. The molecule has 1 aromatic carbocycles. The van der Waals surface area contributed by atoms with E-state index < -0.39 is 0 Å². The van der Waals surface area contributed by atoms with Crippen molar-refractivity contribution in [3.8, 4) is 0 Å². The molecule has 4 unspecified atom stereocenters. The van der Waals surface area contributed by atoms with E-state index in [2.05, 4.69) is 21.2 Å². The minimum absolute atomic E-state index is 0.0426.